The van der Waals surface area contributed by atoms with Gasteiger partial charge in [-0.15, -0.1) is 11.3 Å². The van der Waals surface area contributed by atoms with Crippen molar-refractivity contribution in [3.8, 4) is 0 Å². The molecular formula is C12H18N2O2S. The summed E-state index contributed by atoms with van der Waals surface area (Å²) in [7, 11) is 0. The van der Waals surface area contributed by atoms with Gasteiger partial charge in [0.25, 0.3) is 0 Å². The van der Waals surface area contributed by atoms with Crippen molar-refractivity contribution in [1.82, 2.24) is 4.98 Å². The molecule has 94 valence electrons. The highest BCUT2D eigenvalue weighted by atomic mass is 32.1. The summed E-state index contributed by atoms with van der Waals surface area (Å²) >= 11 is 1.45. The number of nitrogens with zero attached hydrogens (tertiary/aromatic N) is 1. The Hall–Kier alpha value is -1.10. The van der Waals surface area contributed by atoms with Crippen LogP contribution in [0.25, 0.3) is 0 Å². The van der Waals surface area contributed by atoms with Gasteiger partial charge >= 0.3 is 5.97 Å². The highest BCUT2D eigenvalue weighted by Gasteiger charge is 2.45. The summed E-state index contributed by atoms with van der Waals surface area (Å²) in [5.74, 6) is 0.376. The lowest BCUT2D eigenvalue weighted by Crippen LogP contribution is -2.08. The van der Waals surface area contributed by atoms with Crippen molar-refractivity contribution in [2.45, 2.75) is 27.2 Å². The number of carbonyl (C=O) groups is 1. The largest absolute Gasteiger partial charge is 0.461 e. The van der Waals surface area contributed by atoms with Crippen LogP contribution in [0.5, 0.6) is 0 Å². The van der Waals surface area contributed by atoms with Gasteiger partial charge in [-0.3, -0.25) is 0 Å². The number of esters is 1. The third-order valence-corrected chi connectivity index (χ3v) is 4.01. The summed E-state index contributed by atoms with van der Waals surface area (Å²) in [4.78, 5) is 15.6. The van der Waals surface area contributed by atoms with Crippen molar-refractivity contribution in [3.05, 3.63) is 11.1 Å². The van der Waals surface area contributed by atoms with Crippen LogP contribution in [0.15, 0.2) is 5.38 Å². The third kappa shape index (κ3) is 2.97. The first kappa shape index (κ1) is 12.4. The summed E-state index contributed by atoms with van der Waals surface area (Å²) in [6, 6.07) is 0. The van der Waals surface area contributed by atoms with Crippen molar-refractivity contribution in [1.29, 1.82) is 0 Å². The Labute approximate surface area is 105 Å². The van der Waals surface area contributed by atoms with Gasteiger partial charge in [-0.05, 0) is 24.7 Å². The van der Waals surface area contributed by atoms with Gasteiger partial charge in [0.1, 0.15) is 0 Å². The van der Waals surface area contributed by atoms with E-state index >= 15 is 0 Å². The molecule has 1 aliphatic carbocycles. The molecule has 1 aliphatic rings. The van der Waals surface area contributed by atoms with Crippen LogP contribution in [-0.2, 0) is 4.74 Å². The van der Waals surface area contributed by atoms with Crippen LogP contribution in [0.2, 0.25) is 0 Å². The SMILES string of the molecule is CCOC(=O)c1csc(NCC2CC2(C)C)n1. The fourth-order valence-electron chi connectivity index (χ4n) is 1.79. The monoisotopic (exact) mass is 254 g/mol. The third-order valence-electron chi connectivity index (χ3n) is 3.21. The van der Waals surface area contributed by atoms with Crippen molar-refractivity contribution >= 4 is 22.4 Å². The number of aromatic nitrogens is 1. The summed E-state index contributed by atoms with van der Waals surface area (Å²) in [6.07, 6.45) is 1.26. The van der Waals surface area contributed by atoms with Crippen molar-refractivity contribution in [3.63, 3.8) is 0 Å². The van der Waals surface area contributed by atoms with E-state index in [1.165, 1.54) is 17.8 Å². The molecule has 4 nitrogen and oxygen atoms in total. The predicted octanol–water partition coefficient (Wildman–Crippen LogP) is 2.78. The number of anilines is 1. The smallest absolute Gasteiger partial charge is 0.357 e. The first-order chi connectivity index (χ1) is 8.03. The zero-order valence-corrected chi connectivity index (χ0v) is 11.3. The van der Waals surface area contributed by atoms with E-state index in [9.17, 15) is 4.79 Å². The van der Waals surface area contributed by atoms with E-state index in [4.69, 9.17) is 4.74 Å². The van der Waals surface area contributed by atoms with Crippen molar-refractivity contribution in [2.24, 2.45) is 11.3 Å². The number of thiazole rings is 1. The number of nitrogens with one attached hydrogen (secondary N) is 1. The maximum atomic E-state index is 11.4. The van der Waals surface area contributed by atoms with Gasteiger partial charge in [0, 0.05) is 11.9 Å². The maximum Gasteiger partial charge on any atom is 0.357 e. The van der Waals surface area contributed by atoms with Gasteiger partial charge in [0.2, 0.25) is 0 Å². The van der Waals surface area contributed by atoms with E-state index in [2.05, 4.69) is 24.1 Å². The molecule has 0 aromatic carbocycles. The van der Waals surface area contributed by atoms with Gasteiger partial charge in [-0.25, -0.2) is 9.78 Å². The molecule has 1 unspecified atom stereocenters. The Bertz CT molecular complexity index is 414. The molecule has 1 fully saturated rings. The standard InChI is InChI=1S/C12H18N2O2S/c1-4-16-10(15)9-7-17-11(14-9)13-6-8-5-12(8,2)3/h7-8H,4-6H2,1-3H3,(H,13,14). The van der Waals surface area contributed by atoms with Gasteiger partial charge in [0.05, 0.1) is 6.61 Å². The second kappa shape index (κ2) is 4.64. The summed E-state index contributed by atoms with van der Waals surface area (Å²) < 4.78 is 4.89. The molecule has 17 heavy (non-hydrogen) atoms. The molecular weight excluding hydrogens is 236 g/mol. The Morgan fingerprint density at radius 2 is 2.41 bits per heavy atom. The molecule has 1 heterocycles. The van der Waals surface area contributed by atoms with E-state index in [0.29, 0.717) is 17.7 Å². The maximum absolute atomic E-state index is 11.4. The number of rotatable bonds is 5. The predicted molar refractivity (Wildman–Crippen MR) is 68.4 cm³/mol. The minimum absolute atomic E-state index is 0.344. The first-order valence-electron chi connectivity index (χ1n) is 5.89. The zero-order valence-electron chi connectivity index (χ0n) is 10.4. The lowest BCUT2D eigenvalue weighted by atomic mass is 10.1. The van der Waals surface area contributed by atoms with Crippen LogP contribution < -0.4 is 5.32 Å². The zero-order chi connectivity index (χ0) is 12.5. The lowest BCUT2D eigenvalue weighted by molar-refractivity contribution is 0.0520. The highest BCUT2D eigenvalue weighted by molar-refractivity contribution is 7.13. The molecule has 0 bridgehead atoms. The highest BCUT2D eigenvalue weighted by Crippen LogP contribution is 2.51. The summed E-state index contributed by atoms with van der Waals surface area (Å²) in [5.41, 5.74) is 0.864. The summed E-state index contributed by atoms with van der Waals surface area (Å²) in [5, 5.41) is 5.82. The molecule has 1 N–H and O–H groups in total. The van der Waals surface area contributed by atoms with E-state index in [-0.39, 0.29) is 5.97 Å². The molecule has 0 amide bonds. The molecule has 0 spiro atoms. The van der Waals surface area contributed by atoms with E-state index < -0.39 is 0 Å². The van der Waals surface area contributed by atoms with Gasteiger partial charge < -0.3 is 10.1 Å². The average Bonchev–Trinajstić information content (AvgIpc) is 2.71. The quantitative estimate of drug-likeness (QED) is 0.821. The van der Waals surface area contributed by atoms with Crippen LogP contribution in [0.3, 0.4) is 0 Å². The minimum Gasteiger partial charge on any atom is -0.461 e. The van der Waals surface area contributed by atoms with Crippen LogP contribution in [-0.4, -0.2) is 24.1 Å². The molecule has 5 heteroatoms. The van der Waals surface area contributed by atoms with Gasteiger partial charge in [-0.1, -0.05) is 13.8 Å². The normalized spacial score (nSPS) is 21.0. The first-order valence-corrected chi connectivity index (χ1v) is 6.77. The molecule has 1 saturated carbocycles. The lowest BCUT2D eigenvalue weighted by Gasteiger charge is -2.03. The average molecular weight is 254 g/mol. The van der Waals surface area contributed by atoms with E-state index in [1.54, 1.807) is 12.3 Å². The Balaban J connectivity index is 1.84. The topological polar surface area (TPSA) is 51.2 Å². The van der Waals surface area contributed by atoms with Crippen molar-refractivity contribution in [2.75, 3.05) is 18.5 Å². The fraction of sp³-hybridized carbons (Fsp3) is 0.667. The molecule has 2 rings (SSSR count). The Kier molecular flexibility index (Phi) is 3.38. The van der Waals surface area contributed by atoms with Crippen molar-refractivity contribution < 1.29 is 9.53 Å². The second-order valence-corrected chi connectivity index (χ2v) is 5.89. The number of ether oxygens (including phenoxy) is 1. The number of carbonyl (C=O) groups excluding carboxylic acids is 1. The van der Waals surface area contributed by atoms with E-state index in [1.807, 2.05) is 0 Å². The number of hydrogen-bond donors (Lipinski definition) is 1. The van der Waals surface area contributed by atoms with E-state index in [0.717, 1.165) is 17.6 Å². The van der Waals surface area contributed by atoms with Crippen LogP contribution in [0, 0.1) is 11.3 Å². The fourth-order valence-corrected chi connectivity index (χ4v) is 2.48. The molecule has 0 aliphatic heterocycles. The van der Waals surface area contributed by atoms with Gasteiger partial charge in [-0.2, -0.15) is 0 Å². The number of hydrogen-bond acceptors (Lipinski definition) is 5. The molecule has 1 atom stereocenters. The Morgan fingerprint density at radius 1 is 1.71 bits per heavy atom. The minimum atomic E-state index is -0.344. The summed E-state index contributed by atoms with van der Waals surface area (Å²) in [6.45, 7) is 7.65. The van der Waals surface area contributed by atoms with Crippen LogP contribution >= 0.6 is 11.3 Å². The Morgan fingerprint density at radius 3 is 3.00 bits per heavy atom. The second-order valence-electron chi connectivity index (χ2n) is 5.03. The van der Waals surface area contributed by atoms with Crippen LogP contribution in [0.1, 0.15) is 37.7 Å². The molecule has 1 aromatic rings. The molecule has 0 radical (unpaired) electrons. The molecule has 1 aromatic heterocycles. The molecule has 0 saturated heterocycles. The van der Waals surface area contributed by atoms with Crippen LogP contribution in [0.4, 0.5) is 5.13 Å². The van der Waals surface area contributed by atoms with Gasteiger partial charge in [0.15, 0.2) is 10.8 Å².